The maximum Gasteiger partial charge on any atom is 0.192 e. The van der Waals surface area contributed by atoms with E-state index in [4.69, 9.17) is 0 Å². The third kappa shape index (κ3) is 1.77. The van der Waals surface area contributed by atoms with Gasteiger partial charge >= 0.3 is 0 Å². The summed E-state index contributed by atoms with van der Waals surface area (Å²) in [4.78, 5) is 1.83. The first kappa shape index (κ1) is 10.3. The van der Waals surface area contributed by atoms with Gasteiger partial charge in [0.1, 0.15) is 0 Å². The second kappa shape index (κ2) is 4.20. The third-order valence-electron chi connectivity index (χ3n) is 2.20. The number of thiophene rings is 2. The molecule has 0 bridgehead atoms. The number of rotatable bonds is 2. The van der Waals surface area contributed by atoms with Gasteiger partial charge in [-0.05, 0) is 23.6 Å². The molecule has 2 heterocycles. The van der Waals surface area contributed by atoms with E-state index in [1.807, 2.05) is 41.8 Å². The van der Waals surface area contributed by atoms with Crippen LogP contribution in [0.15, 0.2) is 51.6 Å². The molecule has 0 saturated heterocycles. The molecule has 80 valence electrons. The van der Waals surface area contributed by atoms with Crippen LogP contribution in [-0.2, 0) is 0 Å². The summed E-state index contributed by atoms with van der Waals surface area (Å²) in [6, 6.07) is 11.9. The van der Waals surface area contributed by atoms with Gasteiger partial charge in [-0.2, -0.15) is 4.39 Å². The van der Waals surface area contributed by atoms with Crippen molar-refractivity contribution in [1.29, 1.82) is 0 Å². The Hall–Kier alpha value is -0.840. The predicted octanol–water partition coefficient (Wildman–Crippen LogP) is 5.25. The SMILES string of the molecule is Fc1sc2sccc2c1Sc1ccccc1. The summed E-state index contributed by atoms with van der Waals surface area (Å²) < 4.78 is 14.8. The lowest BCUT2D eigenvalue weighted by molar-refractivity contribution is 0.636. The van der Waals surface area contributed by atoms with Crippen LogP contribution in [0.5, 0.6) is 0 Å². The van der Waals surface area contributed by atoms with Gasteiger partial charge in [0, 0.05) is 10.3 Å². The molecule has 0 saturated carbocycles. The largest absolute Gasteiger partial charge is 0.194 e. The van der Waals surface area contributed by atoms with Crippen LogP contribution >= 0.6 is 34.4 Å². The Bertz CT molecular complexity index is 610. The molecule has 0 atom stereocenters. The molecule has 4 heteroatoms. The lowest BCUT2D eigenvalue weighted by atomic mass is 10.4. The minimum Gasteiger partial charge on any atom is -0.194 e. The Labute approximate surface area is 105 Å². The van der Waals surface area contributed by atoms with Crippen LogP contribution < -0.4 is 0 Å². The molecule has 0 radical (unpaired) electrons. The van der Waals surface area contributed by atoms with Crippen LogP contribution in [0.2, 0.25) is 0 Å². The van der Waals surface area contributed by atoms with Gasteiger partial charge in [-0.1, -0.05) is 41.3 Å². The molecule has 16 heavy (non-hydrogen) atoms. The van der Waals surface area contributed by atoms with Crippen molar-refractivity contribution in [2.45, 2.75) is 9.79 Å². The Morgan fingerprint density at radius 2 is 1.88 bits per heavy atom. The fourth-order valence-corrected chi connectivity index (χ4v) is 4.60. The van der Waals surface area contributed by atoms with Gasteiger partial charge in [-0.25, -0.2) is 0 Å². The molecule has 3 aromatic rings. The van der Waals surface area contributed by atoms with Crippen molar-refractivity contribution in [1.82, 2.24) is 0 Å². The van der Waals surface area contributed by atoms with Gasteiger partial charge in [0.15, 0.2) is 5.13 Å². The second-order valence-corrected chi connectivity index (χ2v) is 6.47. The first-order valence-corrected chi connectivity index (χ1v) is 7.24. The van der Waals surface area contributed by atoms with Gasteiger partial charge < -0.3 is 0 Å². The van der Waals surface area contributed by atoms with Crippen molar-refractivity contribution in [3.8, 4) is 0 Å². The smallest absolute Gasteiger partial charge is 0.192 e. The average Bonchev–Trinajstić information content (AvgIpc) is 2.84. The summed E-state index contributed by atoms with van der Waals surface area (Å²) in [5.41, 5.74) is 0. The van der Waals surface area contributed by atoms with Crippen LogP contribution in [0.1, 0.15) is 0 Å². The molecule has 0 aliphatic carbocycles. The highest BCUT2D eigenvalue weighted by Gasteiger charge is 2.13. The zero-order valence-corrected chi connectivity index (χ0v) is 10.6. The summed E-state index contributed by atoms with van der Waals surface area (Å²) >= 11 is 4.33. The predicted molar refractivity (Wildman–Crippen MR) is 70.2 cm³/mol. The second-order valence-electron chi connectivity index (χ2n) is 3.24. The van der Waals surface area contributed by atoms with Crippen LogP contribution in [0.25, 0.3) is 9.40 Å². The molecule has 0 unspecified atom stereocenters. The van der Waals surface area contributed by atoms with Crippen molar-refractivity contribution >= 4 is 43.8 Å². The number of hydrogen-bond acceptors (Lipinski definition) is 3. The molecule has 0 aliphatic heterocycles. The molecular formula is C12H7FS3. The molecule has 0 N–H and O–H groups in total. The molecule has 0 amide bonds. The van der Waals surface area contributed by atoms with E-state index >= 15 is 0 Å². The Morgan fingerprint density at radius 3 is 2.69 bits per heavy atom. The quantitative estimate of drug-likeness (QED) is 0.610. The average molecular weight is 266 g/mol. The number of benzene rings is 1. The van der Waals surface area contributed by atoms with Crippen molar-refractivity contribution in [3.63, 3.8) is 0 Å². The van der Waals surface area contributed by atoms with Crippen molar-refractivity contribution in [3.05, 3.63) is 46.9 Å². The Kier molecular flexibility index (Phi) is 2.71. The van der Waals surface area contributed by atoms with Gasteiger partial charge in [0.25, 0.3) is 0 Å². The van der Waals surface area contributed by atoms with Gasteiger partial charge in [0.05, 0.1) is 8.91 Å². The van der Waals surface area contributed by atoms with E-state index < -0.39 is 0 Å². The molecule has 0 spiro atoms. The first-order valence-electron chi connectivity index (χ1n) is 4.73. The summed E-state index contributed by atoms with van der Waals surface area (Å²) in [6.45, 7) is 0. The Balaban J connectivity index is 2.06. The fraction of sp³-hybridized carbons (Fsp3) is 0. The van der Waals surface area contributed by atoms with E-state index in [0.717, 1.165) is 19.2 Å². The summed E-state index contributed by atoms with van der Waals surface area (Å²) in [6.07, 6.45) is 0. The standard InChI is InChI=1S/C12H7FS3/c13-11-10(9-6-7-14-12(9)16-11)15-8-4-2-1-3-5-8/h1-7H. The molecule has 0 fully saturated rings. The van der Waals surface area contributed by atoms with Crippen LogP contribution in [0.4, 0.5) is 4.39 Å². The number of halogens is 1. The van der Waals surface area contributed by atoms with E-state index in [9.17, 15) is 4.39 Å². The summed E-state index contributed by atoms with van der Waals surface area (Å²) in [5, 5.41) is 2.98. The maximum atomic E-state index is 13.7. The van der Waals surface area contributed by atoms with E-state index in [1.54, 1.807) is 11.3 Å². The first-order chi connectivity index (χ1) is 7.84. The monoisotopic (exact) mass is 266 g/mol. The minimum absolute atomic E-state index is 0.0734. The highest BCUT2D eigenvalue weighted by Crippen LogP contribution is 2.42. The maximum absolute atomic E-state index is 13.7. The summed E-state index contributed by atoms with van der Waals surface area (Å²) in [7, 11) is 0. The lowest BCUT2D eigenvalue weighted by Gasteiger charge is -1.98. The molecule has 1 aromatic carbocycles. The van der Waals surface area contributed by atoms with Gasteiger partial charge in [0.2, 0.25) is 0 Å². The van der Waals surface area contributed by atoms with Crippen molar-refractivity contribution < 1.29 is 4.39 Å². The number of fused-ring (bicyclic) bond motifs is 1. The topological polar surface area (TPSA) is 0 Å². The lowest BCUT2D eigenvalue weighted by Crippen LogP contribution is -1.73. The van der Waals surface area contributed by atoms with Crippen LogP contribution in [0.3, 0.4) is 0 Å². The van der Waals surface area contributed by atoms with Gasteiger partial charge in [-0.15, -0.1) is 11.3 Å². The van der Waals surface area contributed by atoms with Crippen molar-refractivity contribution in [2.24, 2.45) is 0 Å². The summed E-state index contributed by atoms with van der Waals surface area (Å²) in [5.74, 6) is 0. The zero-order valence-electron chi connectivity index (χ0n) is 8.14. The zero-order chi connectivity index (χ0) is 11.0. The van der Waals surface area contributed by atoms with E-state index in [1.165, 1.54) is 23.1 Å². The fourth-order valence-electron chi connectivity index (χ4n) is 1.48. The van der Waals surface area contributed by atoms with Crippen LogP contribution in [-0.4, -0.2) is 0 Å². The van der Waals surface area contributed by atoms with E-state index in [2.05, 4.69) is 0 Å². The number of hydrogen-bond donors (Lipinski definition) is 0. The minimum atomic E-state index is -0.0734. The van der Waals surface area contributed by atoms with E-state index in [0.29, 0.717) is 0 Å². The van der Waals surface area contributed by atoms with Gasteiger partial charge in [-0.3, -0.25) is 0 Å². The molecule has 3 rings (SSSR count). The third-order valence-corrected chi connectivity index (χ3v) is 5.47. The molecule has 0 aliphatic rings. The molecule has 0 nitrogen and oxygen atoms in total. The Morgan fingerprint density at radius 1 is 1.06 bits per heavy atom. The molecular weight excluding hydrogens is 259 g/mol. The van der Waals surface area contributed by atoms with E-state index in [-0.39, 0.29) is 5.13 Å². The highest BCUT2D eigenvalue weighted by atomic mass is 32.2. The van der Waals surface area contributed by atoms with Crippen molar-refractivity contribution in [2.75, 3.05) is 0 Å². The van der Waals surface area contributed by atoms with Crippen LogP contribution in [0, 0.1) is 5.13 Å². The normalized spacial score (nSPS) is 11.1. The highest BCUT2D eigenvalue weighted by molar-refractivity contribution is 7.99. The molecule has 2 aromatic heterocycles.